The van der Waals surface area contributed by atoms with E-state index in [4.69, 9.17) is 4.99 Å². The van der Waals surface area contributed by atoms with E-state index in [0.29, 0.717) is 23.4 Å². The predicted octanol–water partition coefficient (Wildman–Crippen LogP) is 7.19. The molecule has 0 unspecified atom stereocenters. The van der Waals surface area contributed by atoms with Crippen LogP contribution in [0.1, 0.15) is 32.6 Å². The maximum atomic E-state index is 13.3. The number of H-pyrrole nitrogens is 1. The number of amides is 1. The summed E-state index contributed by atoms with van der Waals surface area (Å²) >= 11 is 0. The maximum Gasteiger partial charge on any atom is 0.251 e. The molecule has 1 amide bonds. The number of carbonyl (C=O) groups excluding carboxylic acids is 1. The molecular weight excluding hydrogens is 520 g/mol. The van der Waals surface area contributed by atoms with Gasteiger partial charge in [-0.3, -0.25) is 4.79 Å². The van der Waals surface area contributed by atoms with Gasteiger partial charge in [0.15, 0.2) is 5.88 Å². The molecule has 0 atom stereocenters. The highest BCUT2D eigenvalue weighted by Crippen LogP contribution is 2.32. The van der Waals surface area contributed by atoms with Crippen molar-refractivity contribution in [2.75, 3.05) is 14.1 Å². The average molecular weight is 553 g/mol. The van der Waals surface area contributed by atoms with Crippen LogP contribution in [-0.4, -0.2) is 40.7 Å². The third kappa shape index (κ3) is 5.66. The summed E-state index contributed by atoms with van der Waals surface area (Å²) in [6.07, 6.45) is 0. The van der Waals surface area contributed by atoms with Crippen LogP contribution in [0.4, 0.5) is 5.69 Å². The lowest BCUT2D eigenvalue weighted by Gasteiger charge is -2.11. The molecule has 0 spiro atoms. The number of benzene rings is 5. The van der Waals surface area contributed by atoms with Gasteiger partial charge >= 0.3 is 0 Å². The van der Waals surface area contributed by atoms with E-state index in [9.17, 15) is 9.90 Å². The number of nitrogens with one attached hydrogen (secondary N) is 2. The van der Waals surface area contributed by atoms with Crippen molar-refractivity contribution in [3.8, 4) is 5.88 Å². The van der Waals surface area contributed by atoms with Gasteiger partial charge in [-0.1, -0.05) is 84.9 Å². The Labute approximate surface area is 245 Å². The van der Waals surface area contributed by atoms with Crippen molar-refractivity contribution >= 4 is 39.0 Å². The van der Waals surface area contributed by atoms with Gasteiger partial charge in [0.05, 0.1) is 17.0 Å². The molecule has 6 nitrogen and oxygen atoms in total. The standard InChI is InChI=1S/C36H32N4O2/c1-40(2)23-24-15-18-29(19-16-24)38-34(26-10-4-3-5-11-26)33-31-21-27(17-20-32(31)39-36(33)42)35(41)37-22-28-13-8-12-25-9-6-7-14-30(25)28/h3-21,39,42H,22-23H2,1-2H3,(H,37,41). The van der Waals surface area contributed by atoms with E-state index in [2.05, 4.69) is 45.5 Å². The molecule has 1 aromatic heterocycles. The second-order valence-electron chi connectivity index (χ2n) is 10.7. The predicted molar refractivity (Wildman–Crippen MR) is 171 cm³/mol. The molecule has 0 fully saturated rings. The molecule has 42 heavy (non-hydrogen) atoms. The highest BCUT2D eigenvalue weighted by Gasteiger charge is 2.20. The normalized spacial score (nSPS) is 11.8. The molecule has 0 bridgehead atoms. The zero-order valence-corrected chi connectivity index (χ0v) is 23.6. The number of aromatic nitrogens is 1. The van der Waals surface area contributed by atoms with Gasteiger partial charge in [0.1, 0.15) is 0 Å². The fourth-order valence-corrected chi connectivity index (χ4v) is 5.31. The van der Waals surface area contributed by atoms with Crippen molar-refractivity contribution in [3.05, 3.63) is 143 Å². The lowest BCUT2D eigenvalue weighted by molar-refractivity contribution is 0.0951. The fraction of sp³-hybridized carbons (Fsp3) is 0.111. The minimum atomic E-state index is -0.189. The van der Waals surface area contributed by atoms with Gasteiger partial charge in [0, 0.05) is 35.1 Å². The smallest absolute Gasteiger partial charge is 0.251 e. The van der Waals surface area contributed by atoms with E-state index in [1.807, 2.05) is 93.0 Å². The van der Waals surface area contributed by atoms with Gasteiger partial charge in [0.2, 0.25) is 0 Å². The molecule has 0 radical (unpaired) electrons. The Morgan fingerprint density at radius 1 is 0.810 bits per heavy atom. The fourth-order valence-electron chi connectivity index (χ4n) is 5.31. The Bertz CT molecular complexity index is 1900. The SMILES string of the molecule is CN(C)Cc1ccc(N=C(c2ccccc2)c2c(O)[nH]c3ccc(C(=O)NCc4cccc5ccccc45)cc23)cc1. The quantitative estimate of drug-likeness (QED) is 0.175. The van der Waals surface area contributed by atoms with Crippen molar-refractivity contribution in [3.63, 3.8) is 0 Å². The number of aromatic amines is 1. The van der Waals surface area contributed by atoms with Crippen LogP contribution in [0.2, 0.25) is 0 Å². The van der Waals surface area contributed by atoms with Crippen LogP contribution in [0, 0.1) is 0 Å². The van der Waals surface area contributed by atoms with Crippen molar-refractivity contribution in [1.82, 2.24) is 15.2 Å². The number of nitrogens with zero attached hydrogens (tertiary/aromatic N) is 2. The van der Waals surface area contributed by atoms with Crippen molar-refractivity contribution in [2.24, 2.45) is 4.99 Å². The minimum absolute atomic E-state index is 0.00476. The van der Waals surface area contributed by atoms with E-state index >= 15 is 0 Å². The third-order valence-corrected chi connectivity index (χ3v) is 7.32. The summed E-state index contributed by atoms with van der Waals surface area (Å²) in [4.78, 5) is 23.5. The van der Waals surface area contributed by atoms with Gasteiger partial charge in [-0.2, -0.15) is 0 Å². The second kappa shape index (κ2) is 11.7. The lowest BCUT2D eigenvalue weighted by atomic mass is 9.99. The summed E-state index contributed by atoms with van der Waals surface area (Å²) in [7, 11) is 4.08. The van der Waals surface area contributed by atoms with Crippen LogP contribution < -0.4 is 5.32 Å². The van der Waals surface area contributed by atoms with Crippen LogP contribution in [0.25, 0.3) is 21.7 Å². The van der Waals surface area contributed by atoms with Gasteiger partial charge in [0.25, 0.3) is 5.91 Å². The summed E-state index contributed by atoms with van der Waals surface area (Å²) in [6.45, 7) is 1.24. The molecule has 1 heterocycles. The first-order valence-corrected chi connectivity index (χ1v) is 13.9. The van der Waals surface area contributed by atoms with Crippen LogP contribution >= 0.6 is 0 Å². The van der Waals surface area contributed by atoms with Gasteiger partial charge < -0.3 is 20.3 Å². The molecule has 0 aliphatic carbocycles. The highest BCUT2D eigenvalue weighted by molar-refractivity contribution is 6.22. The summed E-state index contributed by atoms with van der Waals surface area (Å²) in [5.74, 6) is -0.184. The monoisotopic (exact) mass is 552 g/mol. The molecule has 0 aliphatic heterocycles. The summed E-state index contributed by atoms with van der Waals surface area (Å²) in [5, 5.41) is 17.2. The van der Waals surface area contributed by atoms with E-state index in [1.165, 1.54) is 5.56 Å². The number of fused-ring (bicyclic) bond motifs is 2. The van der Waals surface area contributed by atoms with Crippen LogP contribution in [0.3, 0.4) is 0 Å². The Morgan fingerprint density at radius 3 is 2.33 bits per heavy atom. The summed E-state index contributed by atoms with van der Waals surface area (Å²) < 4.78 is 0. The van der Waals surface area contributed by atoms with Crippen molar-refractivity contribution in [1.29, 1.82) is 0 Å². The Hall–Kier alpha value is -5.20. The topological polar surface area (TPSA) is 80.7 Å². The summed E-state index contributed by atoms with van der Waals surface area (Å²) in [5.41, 5.74) is 6.27. The highest BCUT2D eigenvalue weighted by atomic mass is 16.3. The number of hydrogen-bond donors (Lipinski definition) is 3. The molecule has 6 rings (SSSR count). The number of carbonyl (C=O) groups is 1. The van der Waals surface area contributed by atoms with E-state index in [0.717, 1.165) is 45.0 Å². The first kappa shape index (κ1) is 27.0. The van der Waals surface area contributed by atoms with E-state index in [1.54, 1.807) is 6.07 Å². The molecule has 0 aliphatic rings. The molecule has 3 N–H and O–H groups in total. The molecule has 0 saturated heterocycles. The summed E-state index contributed by atoms with van der Waals surface area (Å²) in [6, 6.07) is 37.6. The zero-order chi connectivity index (χ0) is 29.1. The van der Waals surface area contributed by atoms with Crippen LogP contribution in [-0.2, 0) is 13.1 Å². The Morgan fingerprint density at radius 2 is 1.55 bits per heavy atom. The van der Waals surface area contributed by atoms with Crippen LogP contribution in [0.5, 0.6) is 5.88 Å². The molecule has 5 aromatic carbocycles. The van der Waals surface area contributed by atoms with Crippen LogP contribution in [0.15, 0.2) is 120 Å². The second-order valence-corrected chi connectivity index (χ2v) is 10.7. The molecular formula is C36H32N4O2. The lowest BCUT2D eigenvalue weighted by Crippen LogP contribution is -2.22. The van der Waals surface area contributed by atoms with Crippen molar-refractivity contribution in [2.45, 2.75) is 13.1 Å². The zero-order valence-electron chi connectivity index (χ0n) is 23.6. The van der Waals surface area contributed by atoms with Gasteiger partial charge in [-0.05, 0) is 66.3 Å². The molecule has 6 aromatic rings. The molecule has 0 saturated carbocycles. The average Bonchev–Trinajstić information content (AvgIpc) is 3.34. The van der Waals surface area contributed by atoms with Crippen molar-refractivity contribution < 1.29 is 9.90 Å². The number of rotatable bonds is 8. The van der Waals surface area contributed by atoms with E-state index < -0.39 is 0 Å². The number of aromatic hydroxyl groups is 1. The first-order valence-electron chi connectivity index (χ1n) is 13.9. The Kier molecular flexibility index (Phi) is 7.54. The maximum absolute atomic E-state index is 13.3. The molecule has 208 valence electrons. The number of aliphatic imine (C=N–C) groups is 1. The number of hydrogen-bond acceptors (Lipinski definition) is 4. The first-order chi connectivity index (χ1) is 20.5. The largest absolute Gasteiger partial charge is 0.494 e. The third-order valence-electron chi connectivity index (χ3n) is 7.32. The van der Waals surface area contributed by atoms with Gasteiger partial charge in [-0.25, -0.2) is 4.99 Å². The molecule has 6 heteroatoms. The Balaban J connectivity index is 1.36. The minimum Gasteiger partial charge on any atom is -0.494 e. The van der Waals surface area contributed by atoms with E-state index in [-0.39, 0.29) is 11.8 Å². The van der Waals surface area contributed by atoms with Gasteiger partial charge in [-0.15, -0.1) is 0 Å².